The molecule has 0 saturated heterocycles. The topological polar surface area (TPSA) is 20.2 Å². The lowest BCUT2D eigenvalue weighted by Crippen LogP contribution is -2.24. The van der Waals surface area contributed by atoms with Crippen LogP contribution in [0.3, 0.4) is 0 Å². The van der Waals surface area contributed by atoms with Gasteiger partial charge in [0.2, 0.25) is 0 Å². The van der Waals surface area contributed by atoms with Crippen molar-refractivity contribution in [3.63, 3.8) is 0 Å². The highest BCUT2D eigenvalue weighted by molar-refractivity contribution is 6.31. The summed E-state index contributed by atoms with van der Waals surface area (Å²) in [6.45, 7) is -1.15. The molecule has 0 aromatic heterocycles. The molecule has 0 aliphatic rings. The molecule has 0 unspecified atom stereocenters. The van der Waals surface area contributed by atoms with E-state index in [9.17, 15) is 8.78 Å². The van der Waals surface area contributed by atoms with Gasteiger partial charge in [-0.25, -0.2) is 8.78 Å². The number of benzene rings is 1. The Morgan fingerprint density at radius 1 is 1.31 bits per heavy atom. The molecular weight excluding hydrogens is 198 g/mol. The van der Waals surface area contributed by atoms with E-state index in [0.717, 1.165) is 0 Å². The van der Waals surface area contributed by atoms with Crippen LogP contribution < -0.4 is 0 Å². The van der Waals surface area contributed by atoms with Gasteiger partial charge in [0.25, 0.3) is 5.92 Å². The van der Waals surface area contributed by atoms with Gasteiger partial charge < -0.3 is 5.11 Å². The molecule has 0 radical (unpaired) electrons. The molecule has 4 heteroatoms. The Morgan fingerprint density at radius 2 is 1.92 bits per heavy atom. The maximum absolute atomic E-state index is 12.7. The van der Waals surface area contributed by atoms with E-state index in [1.165, 1.54) is 6.07 Å². The lowest BCUT2D eigenvalue weighted by atomic mass is 10.1. The van der Waals surface area contributed by atoms with Crippen LogP contribution in [0.1, 0.15) is 5.56 Å². The molecule has 0 fully saturated rings. The van der Waals surface area contributed by atoms with Crippen molar-refractivity contribution in [1.29, 1.82) is 0 Å². The zero-order valence-corrected chi connectivity index (χ0v) is 7.56. The predicted octanol–water partition coefficient (Wildman–Crippen LogP) is 2.51. The number of hydrogen-bond donors (Lipinski definition) is 1. The Bertz CT molecular complexity index is 289. The van der Waals surface area contributed by atoms with Crippen molar-refractivity contribution in [1.82, 2.24) is 0 Å². The quantitative estimate of drug-likeness (QED) is 0.806. The predicted molar refractivity (Wildman–Crippen MR) is 47.2 cm³/mol. The van der Waals surface area contributed by atoms with Crippen LogP contribution in [0.4, 0.5) is 8.78 Å². The Kier molecular flexibility index (Phi) is 3.22. The summed E-state index contributed by atoms with van der Waals surface area (Å²) in [5.74, 6) is -3.09. The maximum Gasteiger partial charge on any atom is 0.274 e. The maximum atomic E-state index is 12.7. The van der Waals surface area contributed by atoms with Crippen molar-refractivity contribution in [3.8, 4) is 0 Å². The summed E-state index contributed by atoms with van der Waals surface area (Å²) in [7, 11) is 0. The summed E-state index contributed by atoms with van der Waals surface area (Å²) in [5, 5.41) is 8.65. The van der Waals surface area contributed by atoms with Crippen molar-refractivity contribution in [2.75, 3.05) is 6.61 Å². The minimum Gasteiger partial charge on any atom is -0.390 e. The van der Waals surface area contributed by atoms with Crippen molar-refractivity contribution < 1.29 is 13.9 Å². The highest BCUT2D eigenvalue weighted by Gasteiger charge is 2.28. The highest BCUT2D eigenvalue weighted by atomic mass is 35.5. The van der Waals surface area contributed by atoms with E-state index in [4.69, 9.17) is 16.7 Å². The second-order valence-corrected chi connectivity index (χ2v) is 3.19. The van der Waals surface area contributed by atoms with Gasteiger partial charge in [-0.1, -0.05) is 29.8 Å². The third-order valence-corrected chi connectivity index (χ3v) is 2.01. The standard InChI is InChI=1S/C9H9ClF2O/c10-8-4-2-1-3-7(8)5-9(11,12)6-13/h1-4,13H,5-6H2. The average Bonchev–Trinajstić information content (AvgIpc) is 2.09. The molecule has 0 aliphatic carbocycles. The normalized spacial score (nSPS) is 11.7. The van der Waals surface area contributed by atoms with Crippen LogP contribution in [0.25, 0.3) is 0 Å². The minimum atomic E-state index is -3.09. The largest absolute Gasteiger partial charge is 0.390 e. The molecule has 0 heterocycles. The van der Waals surface area contributed by atoms with E-state index >= 15 is 0 Å². The first-order chi connectivity index (χ1) is 6.05. The molecule has 1 aromatic carbocycles. The number of rotatable bonds is 3. The van der Waals surface area contributed by atoms with Gasteiger partial charge in [0.15, 0.2) is 0 Å². The van der Waals surface area contributed by atoms with Gasteiger partial charge in [-0.2, -0.15) is 0 Å². The number of alkyl halides is 2. The molecular formula is C9H9ClF2O. The van der Waals surface area contributed by atoms with Gasteiger partial charge in [0, 0.05) is 11.4 Å². The van der Waals surface area contributed by atoms with Crippen LogP contribution >= 0.6 is 11.6 Å². The fourth-order valence-electron chi connectivity index (χ4n) is 0.976. The summed E-state index contributed by atoms with van der Waals surface area (Å²) in [6.07, 6.45) is -0.525. The number of halogens is 3. The molecule has 0 aliphatic heterocycles. The molecule has 1 nitrogen and oxygen atoms in total. The van der Waals surface area contributed by atoms with Crippen molar-refractivity contribution >= 4 is 11.6 Å². The average molecular weight is 207 g/mol. The molecule has 72 valence electrons. The smallest absolute Gasteiger partial charge is 0.274 e. The summed E-state index contributed by atoms with van der Waals surface area (Å²) >= 11 is 5.67. The Hall–Kier alpha value is -0.670. The van der Waals surface area contributed by atoms with Gasteiger partial charge in [0.1, 0.15) is 6.61 Å². The van der Waals surface area contributed by atoms with Crippen LogP contribution in [0.5, 0.6) is 0 Å². The molecule has 0 saturated carbocycles. The van der Waals surface area contributed by atoms with E-state index in [0.29, 0.717) is 10.6 Å². The summed E-state index contributed by atoms with van der Waals surface area (Å²) < 4.78 is 25.4. The fraction of sp³-hybridized carbons (Fsp3) is 0.333. The summed E-state index contributed by atoms with van der Waals surface area (Å²) in [5.41, 5.74) is 0.350. The van der Waals surface area contributed by atoms with Gasteiger partial charge >= 0.3 is 0 Å². The van der Waals surface area contributed by atoms with Crippen LogP contribution in [-0.2, 0) is 6.42 Å². The SMILES string of the molecule is OCC(F)(F)Cc1ccccc1Cl. The first kappa shape index (κ1) is 10.4. The van der Waals surface area contributed by atoms with Gasteiger partial charge in [-0.15, -0.1) is 0 Å². The molecule has 0 atom stereocenters. The summed E-state index contributed by atoms with van der Waals surface area (Å²) in [4.78, 5) is 0. The van der Waals surface area contributed by atoms with Gasteiger partial charge in [-0.05, 0) is 11.6 Å². The van der Waals surface area contributed by atoms with Crippen LogP contribution in [0.2, 0.25) is 5.02 Å². The first-order valence-electron chi connectivity index (χ1n) is 3.77. The van der Waals surface area contributed by atoms with Crippen LogP contribution in [0, 0.1) is 0 Å². The Morgan fingerprint density at radius 3 is 2.46 bits per heavy atom. The molecule has 1 aromatic rings. The van der Waals surface area contributed by atoms with E-state index in [1.54, 1.807) is 18.2 Å². The molecule has 1 rings (SSSR count). The second kappa shape index (κ2) is 4.03. The van der Waals surface area contributed by atoms with Crippen molar-refractivity contribution in [2.24, 2.45) is 0 Å². The van der Waals surface area contributed by atoms with Gasteiger partial charge in [-0.3, -0.25) is 0 Å². The molecule has 1 N–H and O–H groups in total. The minimum absolute atomic E-state index is 0.302. The van der Waals surface area contributed by atoms with E-state index in [1.807, 2.05) is 0 Å². The second-order valence-electron chi connectivity index (χ2n) is 2.78. The Labute approximate surface area is 80.0 Å². The number of aliphatic hydroxyl groups excluding tert-OH is 1. The number of aliphatic hydroxyl groups is 1. The molecule has 0 amide bonds. The lowest BCUT2D eigenvalue weighted by Gasteiger charge is -2.13. The summed E-state index contributed by atoms with van der Waals surface area (Å²) in [6, 6.07) is 6.37. The fourth-order valence-corrected chi connectivity index (χ4v) is 1.18. The Balaban J connectivity index is 2.80. The first-order valence-corrected chi connectivity index (χ1v) is 4.15. The van der Waals surface area contributed by atoms with E-state index < -0.39 is 19.0 Å². The zero-order chi connectivity index (χ0) is 9.90. The van der Waals surface area contributed by atoms with Crippen molar-refractivity contribution in [2.45, 2.75) is 12.3 Å². The molecule has 0 spiro atoms. The van der Waals surface area contributed by atoms with Crippen LogP contribution in [-0.4, -0.2) is 17.6 Å². The van der Waals surface area contributed by atoms with Crippen molar-refractivity contribution in [3.05, 3.63) is 34.9 Å². The number of hydrogen-bond acceptors (Lipinski definition) is 1. The monoisotopic (exact) mass is 206 g/mol. The zero-order valence-electron chi connectivity index (χ0n) is 6.80. The lowest BCUT2D eigenvalue weighted by molar-refractivity contribution is -0.0488. The van der Waals surface area contributed by atoms with E-state index in [2.05, 4.69) is 0 Å². The van der Waals surface area contributed by atoms with E-state index in [-0.39, 0.29) is 0 Å². The van der Waals surface area contributed by atoms with Crippen LogP contribution in [0.15, 0.2) is 24.3 Å². The molecule has 13 heavy (non-hydrogen) atoms. The highest BCUT2D eigenvalue weighted by Crippen LogP contribution is 2.24. The third kappa shape index (κ3) is 2.94. The van der Waals surface area contributed by atoms with Gasteiger partial charge in [0.05, 0.1) is 0 Å². The third-order valence-electron chi connectivity index (χ3n) is 1.64. The molecule has 0 bridgehead atoms.